The van der Waals surface area contributed by atoms with Crippen LogP contribution in [0.1, 0.15) is 15.9 Å². The summed E-state index contributed by atoms with van der Waals surface area (Å²) in [4.78, 5) is 19.4. The standard InChI is InChI=1S/C13H10O.C11H8N2/c14-13(11-7-3-1-4-8-11)12-9-5-2-6-10-12;1-2-8-3-4-10-9(5-7-12-10)11(8)13-6-1/h1-10H;1-7,12H. The molecule has 0 atom stereocenters. The maximum absolute atomic E-state index is 11.8. The van der Waals surface area contributed by atoms with Crippen molar-refractivity contribution in [1.29, 1.82) is 0 Å². The maximum atomic E-state index is 11.8. The van der Waals surface area contributed by atoms with Crippen molar-refractivity contribution in [3.63, 3.8) is 0 Å². The molecular weight excluding hydrogens is 332 g/mol. The van der Waals surface area contributed by atoms with Gasteiger partial charge in [0.1, 0.15) is 0 Å². The van der Waals surface area contributed by atoms with E-state index >= 15 is 0 Å². The van der Waals surface area contributed by atoms with Crippen LogP contribution < -0.4 is 0 Å². The van der Waals surface area contributed by atoms with Gasteiger partial charge in [0.15, 0.2) is 5.78 Å². The molecular formula is C24H18N2O. The molecule has 5 rings (SSSR count). The molecule has 27 heavy (non-hydrogen) atoms. The lowest BCUT2D eigenvalue weighted by atomic mass is 10.0. The molecule has 0 saturated carbocycles. The van der Waals surface area contributed by atoms with Gasteiger partial charge < -0.3 is 4.98 Å². The van der Waals surface area contributed by atoms with Crippen LogP contribution in [-0.2, 0) is 0 Å². The zero-order valence-corrected chi connectivity index (χ0v) is 14.7. The van der Waals surface area contributed by atoms with Crippen LogP contribution in [0.4, 0.5) is 0 Å². The Hall–Kier alpha value is -3.72. The third-order valence-electron chi connectivity index (χ3n) is 4.37. The minimum Gasteiger partial charge on any atom is -0.361 e. The second-order valence-corrected chi connectivity index (χ2v) is 6.14. The SMILES string of the molecule is O=C(c1ccccc1)c1ccccc1.c1cnc2c(c1)ccc1[nH]ccc12. The Bertz CT molecular complexity index is 1140. The molecule has 0 spiro atoms. The fraction of sp³-hybridized carbons (Fsp3) is 0. The van der Waals surface area contributed by atoms with Crippen LogP contribution in [0.15, 0.2) is 103 Å². The van der Waals surface area contributed by atoms with Crippen molar-refractivity contribution in [3.8, 4) is 0 Å². The van der Waals surface area contributed by atoms with Gasteiger partial charge in [-0.1, -0.05) is 72.8 Å². The summed E-state index contributed by atoms with van der Waals surface area (Å²) >= 11 is 0. The van der Waals surface area contributed by atoms with E-state index < -0.39 is 0 Å². The zero-order chi connectivity index (χ0) is 18.5. The number of nitrogens with one attached hydrogen (secondary N) is 1. The molecule has 1 N–H and O–H groups in total. The van der Waals surface area contributed by atoms with Crippen LogP contribution in [0.5, 0.6) is 0 Å². The number of benzene rings is 3. The first-order chi connectivity index (χ1) is 13.3. The average Bonchev–Trinajstić information content (AvgIpc) is 3.24. The fourth-order valence-electron chi connectivity index (χ4n) is 3.02. The van der Waals surface area contributed by atoms with Crippen molar-refractivity contribution in [3.05, 3.63) is 115 Å². The third kappa shape index (κ3) is 3.62. The Morgan fingerprint density at radius 1 is 0.704 bits per heavy atom. The molecule has 0 amide bonds. The summed E-state index contributed by atoms with van der Waals surface area (Å²) in [5, 5.41) is 2.38. The van der Waals surface area contributed by atoms with E-state index in [2.05, 4.69) is 34.2 Å². The highest BCUT2D eigenvalue weighted by atomic mass is 16.1. The number of carbonyl (C=O) groups excluding carboxylic acids is 1. The van der Waals surface area contributed by atoms with E-state index in [4.69, 9.17) is 0 Å². The van der Waals surface area contributed by atoms with Gasteiger partial charge >= 0.3 is 0 Å². The zero-order valence-electron chi connectivity index (χ0n) is 14.7. The Morgan fingerprint density at radius 3 is 2.04 bits per heavy atom. The number of aromatic nitrogens is 2. The normalized spacial score (nSPS) is 10.4. The molecule has 3 heteroatoms. The Morgan fingerprint density at radius 2 is 1.37 bits per heavy atom. The van der Waals surface area contributed by atoms with Crippen LogP contribution in [-0.4, -0.2) is 15.8 Å². The van der Waals surface area contributed by atoms with Crippen molar-refractivity contribution in [2.45, 2.75) is 0 Å². The summed E-state index contributed by atoms with van der Waals surface area (Å²) in [6, 6.07) is 28.9. The second-order valence-electron chi connectivity index (χ2n) is 6.14. The number of hydrogen-bond donors (Lipinski definition) is 1. The summed E-state index contributed by atoms with van der Waals surface area (Å²) < 4.78 is 0. The third-order valence-corrected chi connectivity index (χ3v) is 4.37. The van der Waals surface area contributed by atoms with Gasteiger partial charge in [-0.3, -0.25) is 9.78 Å². The average molecular weight is 350 g/mol. The van der Waals surface area contributed by atoms with Crippen molar-refractivity contribution >= 4 is 27.6 Å². The first-order valence-electron chi connectivity index (χ1n) is 8.78. The Labute approximate surface area is 157 Å². The summed E-state index contributed by atoms with van der Waals surface area (Å²) in [6.07, 6.45) is 3.77. The molecule has 0 aliphatic rings. The van der Waals surface area contributed by atoms with E-state index in [-0.39, 0.29) is 5.78 Å². The predicted octanol–water partition coefficient (Wildman–Crippen LogP) is 5.63. The molecule has 5 aromatic rings. The van der Waals surface area contributed by atoms with Crippen molar-refractivity contribution in [2.24, 2.45) is 0 Å². The number of pyridine rings is 1. The molecule has 0 aliphatic heterocycles. The largest absolute Gasteiger partial charge is 0.361 e. The second kappa shape index (κ2) is 7.67. The molecule has 0 bridgehead atoms. The van der Waals surface area contributed by atoms with Gasteiger partial charge in [0.25, 0.3) is 0 Å². The monoisotopic (exact) mass is 350 g/mol. The van der Waals surface area contributed by atoms with Crippen molar-refractivity contribution in [2.75, 3.05) is 0 Å². The van der Waals surface area contributed by atoms with Crippen LogP contribution in [0.2, 0.25) is 0 Å². The maximum Gasteiger partial charge on any atom is 0.193 e. The smallest absolute Gasteiger partial charge is 0.193 e. The van der Waals surface area contributed by atoms with Crippen molar-refractivity contribution in [1.82, 2.24) is 9.97 Å². The minimum absolute atomic E-state index is 0.0752. The molecule has 2 aromatic heterocycles. The van der Waals surface area contributed by atoms with Gasteiger partial charge in [0.05, 0.1) is 5.52 Å². The summed E-state index contributed by atoms with van der Waals surface area (Å²) in [5.74, 6) is 0.0752. The van der Waals surface area contributed by atoms with E-state index in [1.165, 1.54) is 10.8 Å². The molecule has 2 heterocycles. The number of H-pyrrole nitrogens is 1. The van der Waals surface area contributed by atoms with Crippen LogP contribution in [0.3, 0.4) is 0 Å². The number of hydrogen-bond acceptors (Lipinski definition) is 2. The van der Waals surface area contributed by atoms with Gasteiger partial charge in [0, 0.05) is 39.8 Å². The highest BCUT2D eigenvalue weighted by Gasteiger charge is 2.06. The van der Waals surface area contributed by atoms with Gasteiger partial charge in [-0.15, -0.1) is 0 Å². The van der Waals surface area contributed by atoms with Gasteiger partial charge in [0.2, 0.25) is 0 Å². The highest BCUT2D eigenvalue weighted by molar-refractivity contribution is 6.08. The first kappa shape index (κ1) is 16.7. The van der Waals surface area contributed by atoms with E-state index in [0.29, 0.717) is 0 Å². The lowest BCUT2D eigenvalue weighted by molar-refractivity contribution is 0.103. The predicted molar refractivity (Wildman–Crippen MR) is 110 cm³/mol. The minimum atomic E-state index is 0.0752. The number of nitrogens with zero attached hydrogens (tertiary/aromatic N) is 1. The lowest BCUT2D eigenvalue weighted by Crippen LogP contribution is -1.99. The highest BCUT2D eigenvalue weighted by Crippen LogP contribution is 2.21. The van der Waals surface area contributed by atoms with Crippen LogP contribution in [0, 0.1) is 0 Å². The van der Waals surface area contributed by atoms with Gasteiger partial charge in [-0.05, 0) is 18.2 Å². The first-order valence-corrected chi connectivity index (χ1v) is 8.78. The molecule has 3 nitrogen and oxygen atoms in total. The number of carbonyl (C=O) groups is 1. The van der Waals surface area contributed by atoms with Crippen molar-refractivity contribution < 1.29 is 4.79 Å². The Balaban J connectivity index is 0.000000134. The van der Waals surface area contributed by atoms with E-state index in [1.54, 1.807) is 0 Å². The molecule has 0 aliphatic carbocycles. The van der Waals surface area contributed by atoms with Gasteiger partial charge in [-0.2, -0.15) is 0 Å². The summed E-state index contributed by atoms with van der Waals surface area (Å²) in [6.45, 7) is 0. The molecule has 0 fully saturated rings. The van der Waals surface area contributed by atoms with Crippen LogP contribution in [0.25, 0.3) is 21.8 Å². The molecule has 0 saturated heterocycles. The number of aromatic amines is 1. The Kier molecular flexibility index (Phi) is 4.75. The summed E-state index contributed by atoms with van der Waals surface area (Å²) in [5.41, 5.74) is 3.69. The topological polar surface area (TPSA) is 45.8 Å². The fourth-order valence-corrected chi connectivity index (χ4v) is 3.02. The summed E-state index contributed by atoms with van der Waals surface area (Å²) in [7, 11) is 0. The molecule has 130 valence electrons. The molecule has 0 unspecified atom stereocenters. The van der Waals surface area contributed by atoms with E-state index in [1.807, 2.05) is 79.1 Å². The van der Waals surface area contributed by atoms with E-state index in [9.17, 15) is 4.79 Å². The molecule has 0 radical (unpaired) electrons. The van der Waals surface area contributed by atoms with Crippen LogP contribution >= 0.6 is 0 Å². The number of fused-ring (bicyclic) bond motifs is 3. The molecule has 3 aromatic carbocycles. The number of rotatable bonds is 2. The quantitative estimate of drug-likeness (QED) is 0.419. The lowest BCUT2D eigenvalue weighted by Gasteiger charge is -1.99. The van der Waals surface area contributed by atoms with Gasteiger partial charge in [-0.25, -0.2) is 0 Å². The number of ketones is 1. The van der Waals surface area contributed by atoms with E-state index in [0.717, 1.165) is 22.2 Å².